The van der Waals surface area contributed by atoms with Crippen LogP contribution in [0.1, 0.15) is 41.8 Å². The van der Waals surface area contributed by atoms with E-state index in [0.29, 0.717) is 11.3 Å². The molecule has 0 aromatic carbocycles. The third kappa shape index (κ3) is 3.83. The van der Waals surface area contributed by atoms with Crippen LogP contribution in [0.5, 0.6) is 0 Å². The fourth-order valence-corrected chi connectivity index (χ4v) is 4.41. The summed E-state index contributed by atoms with van der Waals surface area (Å²) < 4.78 is 1.70. The Labute approximate surface area is 138 Å². The van der Waals surface area contributed by atoms with Crippen LogP contribution < -0.4 is 5.32 Å². The van der Waals surface area contributed by atoms with Crippen LogP contribution in [0.2, 0.25) is 0 Å². The Kier molecular flexibility index (Phi) is 5.63. The molecule has 0 aliphatic heterocycles. The van der Waals surface area contributed by atoms with Crippen LogP contribution in [0.25, 0.3) is 0 Å². The standard InChI is InChI=1S/C13H15Br2NO3S/c14-8-6-10(20-11(8)15)12(17)16-9-5-3-1-2-4-7(9)13(18)19/h6-7,9H,1-5H2,(H,16,17)(H,18,19). The first-order valence-electron chi connectivity index (χ1n) is 6.47. The lowest BCUT2D eigenvalue weighted by atomic mass is 9.95. The fraction of sp³-hybridized carbons (Fsp3) is 0.538. The smallest absolute Gasteiger partial charge is 0.308 e. The molecule has 1 aromatic rings. The molecular weight excluding hydrogens is 410 g/mol. The van der Waals surface area contributed by atoms with Crippen LogP contribution in [-0.4, -0.2) is 23.0 Å². The topological polar surface area (TPSA) is 66.4 Å². The summed E-state index contributed by atoms with van der Waals surface area (Å²) in [7, 11) is 0. The molecule has 2 atom stereocenters. The average molecular weight is 425 g/mol. The number of rotatable bonds is 3. The van der Waals surface area contributed by atoms with E-state index in [2.05, 4.69) is 37.2 Å². The van der Waals surface area contributed by atoms with Gasteiger partial charge in [-0.2, -0.15) is 0 Å². The van der Waals surface area contributed by atoms with Gasteiger partial charge in [0, 0.05) is 10.5 Å². The van der Waals surface area contributed by atoms with E-state index in [1.165, 1.54) is 11.3 Å². The maximum atomic E-state index is 12.2. The summed E-state index contributed by atoms with van der Waals surface area (Å²) >= 11 is 8.04. The Balaban J connectivity index is 2.09. The number of nitrogens with one attached hydrogen (secondary N) is 1. The molecule has 20 heavy (non-hydrogen) atoms. The first-order chi connectivity index (χ1) is 9.49. The highest BCUT2D eigenvalue weighted by Gasteiger charge is 2.31. The number of hydrogen-bond acceptors (Lipinski definition) is 3. The predicted octanol–water partition coefficient (Wildman–Crippen LogP) is 4.04. The third-order valence-corrected chi connectivity index (χ3v) is 6.77. The van der Waals surface area contributed by atoms with Gasteiger partial charge in [-0.15, -0.1) is 11.3 Å². The first kappa shape index (κ1) is 16.0. The van der Waals surface area contributed by atoms with Crippen molar-refractivity contribution in [2.75, 3.05) is 0 Å². The first-order valence-corrected chi connectivity index (χ1v) is 8.88. The van der Waals surface area contributed by atoms with Gasteiger partial charge >= 0.3 is 5.97 Å². The van der Waals surface area contributed by atoms with Gasteiger partial charge in [0.05, 0.1) is 14.6 Å². The molecule has 0 radical (unpaired) electrons. The van der Waals surface area contributed by atoms with Crippen molar-refractivity contribution in [2.24, 2.45) is 5.92 Å². The van der Waals surface area contributed by atoms with Crippen LogP contribution in [0.4, 0.5) is 0 Å². The molecular formula is C13H15Br2NO3S. The van der Waals surface area contributed by atoms with Gasteiger partial charge < -0.3 is 10.4 Å². The number of amides is 1. The van der Waals surface area contributed by atoms with E-state index in [1.54, 1.807) is 6.07 Å². The molecule has 4 nitrogen and oxygen atoms in total. The van der Waals surface area contributed by atoms with Crippen LogP contribution in [0.15, 0.2) is 14.3 Å². The lowest BCUT2D eigenvalue weighted by Gasteiger charge is -2.22. The predicted molar refractivity (Wildman–Crippen MR) is 85.2 cm³/mol. The second-order valence-electron chi connectivity index (χ2n) is 4.89. The highest BCUT2D eigenvalue weighted by atomic mass is 79.9. The molecule has 7 heteroatoms. The molecule has 0 bridgehead atoms. The summed E-state index contributed by atoms with van der Waals surface area (Å²) in [4.78, 5) is 24.1. The van der Waals surface area contributed by atoms with Crippen molar-refractivity contribution < 1.29 is 14.7 Å². The van der Waals surface area contributed by atoms with Gasteiger partial charge in [0.1, 0.15) is 0 Å². The SMILES string of the molecule is O=C(NC1CCCCCC1C(=O)O)c1cc(Br)c(Br)s1. The fourth-order valence-electron chi connectivity index (χ4n) is 2.47. The minimum absolute atomic E-state index is 0.195. The van der Waals surface area contributed by atoms with E-state index in [9.17, 15) is 14.7 Å². The van der Waals surface area contributed by atoms with Crippen LogP contribution in [0, 0.1) is 5.92 Å². The molecule has 110 valence electrons. The van der Waals surface area contributed by atoms with Crippen LogP contribution in [-0.2, 0) is 4.79 Å². The van der Waals surface area contributed by atoms with E-state index in [1.807, 2.05) is 0 Å². The zero-order chi connectivity index (χ0) is 14.7. The second kappa shape index (κ2) is 7.04. The van der Waals surface area contributed by atoms with Crippen molar-refractivity contribution in [3.63, 3.8) is 0 Å². The van der Waals surface area contributed by atoms with Gasteiger partial charge in [-0.1, -0.05) is 19.3 Å². The zero-order valence-electron chi connectivity index (χ0n) is 10.7. The summed E-state index contributed by atoms with van der Waals surface area (Å²) in [6.45, 7) is 0. The number of carbonyl (C=O) groups is 2. The quantitative estimate of drug-likeness (QED) is 0.719. The van der Waals surface area contributed by atoms with E-state index in [4.69, 9.17) is 0 Å². The lowest BCUT2D eigenvalue weighted by molar-refractivity contribution is -0.142. The maximum absolute atomic E-state index is 12.2. The van der Waals surface area contributed by atoms with E-state index >= 15 is 0 Å². The highest BCUT2D eigenvalue weighted by Crippen LogP contribution is 2.32. The highest BCUT2D eigenvalue weighted by molar-refractivity contribution is 9.13. The minimum Gasteiger partial charge on any atom is -0.481 e. The summed E-state index contributed by atoms with van der Waals surface area (Å²) in [5, 5.41) is 12.2. The van der Waals surface area contributed by atoms with Crippen molar-refractivity contribution in [3.05, 3.63) is 19.2 Å². The number of halogens is 2. The number of carboxylic acid groups (broad SMARTS) is 1. The van der Waals surface area contributed by atoms with Gasteiger partial charge in [-0.3, -0.25) is 9.59 Å². The molecule has 1 saturated carbocycles. The van der Waals surface area contributed by atoms with Crippen molar-refractivity contribution >= 4 is 55.1 Å². The molecule has 1 aromatic heterocycles. The zero-order valence-corrected chi connectivity index (χ0v) is 14.7. The van der Waals surface area contributed by atoms with Gasteiger partial charge in [0.2, 0.25) is 0 Å². The Morgan fingerprint density at radius 3 is 2.55 bits per heavy atom. The third-order valence-electron chi connectivity index (χ3n) is 3.52. The minimum atomic E-state index is -0.814. The van der Waals surface area contributed by atoms with Gasteiger partial charge in [-0.05, 0) is 50.8 Å². The van der Waals surface area contributed by atoms with Gasteiger partial charge in [0.15, 0.2) is 0 Å². The number of thiophene rings is 1. The second-order valence-corrected chi connectivity index (χ2v) is 8.12. The molecule has 1 aliphatic rings. The normalized spacial score (nSPS) is 23.1. The number of hydrogen-bond donors (Lipinski definition) is 2. The molecule has 1 aliphatic carbocycles. The van der Waals surface area contributed by atoms with Crippen molar-refractivity contribution in [3.8, 4) is 0 Å². The molecule has 1 heterocycles. The molecule has 2 N–H and O–H groups in total. The van der Waals surface area contributed by atoms with Crippen molar-refractivity contribution in [1.82, 2.24) is 5.32 Å². The summed E-state index contributed by atoms with van der Waals surface area (Å²) in [6.07, 6.45) is 4.28. The summed E-state index contributed by atoms with van der Waals surface area (Å²) in [6, 6.07) is 1.47. The Bertz CT molecular complexity index is 498. The van der Waals surface area contributed by atoms with Crippen molar-refractivity contribution in [1.29, 1.82) is 0 Å². The van der Waals surface area contributed by atoms with Crippen molar-refractivity contribution in [2.45, 2.75) is 38.1 Å². The number of carbonyl (C=O) groups excluding carboxylic acids is 1. The summed E-state index contributed by atoms with van der Waals surface area (Å²) in [5.74, 6) is -1.49. The van der Waals surface area contributed by atoms with E-state index < -0.39 is 11.9 Å². The number of carboxylic acids is 1. The Morgan fingerprint density at radius 2 is 1.95 bits per heavy atom. The maximum Gasteiger partial charge on any atom is 0.308 e. The summed E-state index contributed by atoms with van der Waals surface area (Å²) in [5.41, 5.74) is 0. The molecule has 1 fully saturated rings. The largest absolute Gasteiger partial charge is 0.481 e. The Hall–Kier alpha value is -0.400. The number of aliphatic carboxylic acids is 1. The molecule has 0 spiro atoms. The van der Waals surface area contributed by atoms with Gasteiger partial charge in [0.25, 0.3) is 5.91 Å². The average Bonchev–Trinajstić information content (AvgIpc) is 2.62. The van der Waals surface area contributed by atoms with E-state index in [-0.39, 0.29) is 11.9 Å². The lowest BCUT2D eigenvalue weighted by Crippen LogP contribution is -2.42. The molecule has 2 rings (SSSR count). The molecule has 1 amide bonds. The molecule has 0 saturated heterocycles. The Morgan fingerprint density at radius 1 is 1.25 bits per heavy atom. The van der Waals surface area contributed by atoms with E-state index in [0.717, 1.165) is 33.9 Å². The molecule has 2 unspecified atom stereocenters. The monoisotopic (exact) mass is 423 g/mol. The van der Waals surface area contributed by atoms with Crippen LogP contribution in [0.3, 0.4) is 0 Å². The van der Waals surface area contributed by atoms with Crippen LogP contribution >= 0.6 is 43.2 Å². The van der Waals surface area contributed by atoms with Gasteiger partial charge in [-0.25, -0.2) is 0 Å².